The molecule has 1 aliphatic rings. The topological polar surface area (TPSA) is 39.2 Å². The van der Waals surface area contributed by atoms with E-state index in [-0.39, 0.29) is 11.7 Å². The summed E-state index contributed by atoms with van der Waals surface area (Å²) < 4.78 is 18.2. The van der Waals surface area contributed by atoms with E-state index in [0.717, 1.165) is 25.3 Å². The average Bonchev–Trinajstić information content (AvgIpc) is 2.29. The summed E-state index contributed by atoms with van der Waals surface area (Å²) in [5, 5.41) is 0. The van der Waals surface area contributed by atoms with Gasteiger partial charge in [0, 0.05) is 12.3 Å². The fraction of sp³-hybridized carbons (Fsp3) is 0.538. The number of hydrogen-bond donors (Lipinski definition) is 0. The summed E-state index contributed by atoms with van der Waals surface area (Å²) in [6.45, 7) is 2.16. The van der Waals surface area contributed by atoms with Crippen molar-refractivity contribution in [3.63, 3.8) is 0 Å². The van der Waals surface area contributed by atoms with Crippen LogP contribution in [0, 0.1) is 11.9 Å². The molecule has 17 heavy (non-hydrogen) atoms. The second kappa shape index (κ2) is 5.25. The molecule has 1 aromatic rings. The van der Waals surface area contributed by atoms with E-state index in [1.807, 2.05) is 0 Å². The summed E-state index contributed by atoms with van der Waals surface area (Å²) >= 11 is 0. The van der Waals surface area contributed by atoms with Gasteiger partial charge in [0.05, 0.1) is 5.56 Å². The number of esters is 1. The van der Waals surface area contributed by atoms with Crippen molar-refractivity contribution in [2.24, 2.45) is 5.92 Å². The van der Waals surface area contributed by atoms with Crippen LogP contribution in [-0.2, 0) is 4.74 Å². The van der Waals surface area contributed by atoms with Gasteiger partial charge in [-0.15, -0.1) is 0 Å². The number of carbonyl (C=O) groups is 1. The van der Waals surface area contributed by atoms with Crippen LogP contribution in [0.1, 0.15) is 43.0 Å². The minimum atomic E-state index is -0.656. The molecule has 0 amide bonds. The van der Waals surface area contributed by atoms with Crippen LogP contribution >= 0.6 is 0 Å². The van der Waals surface area contributed by atoms with Crippen LogP contribution in [0.4, 0.5) is 4.39 Å². The summed E-state index contributed by atoms with van der Waals surface area (Å²) in [5.41, 5.74) is 0.232. The third-order valence-corrected chi connectivity index (χ3v) is 3.12. The average molecular weight is 237 g/mol. The van der Waals surface area contributed by atoms with Gasteiger partial charge in [-0.2, -0.15) is 4.39 Å². The Morgan fingerprint density at radius 1 is 1.53 bits per heavy atom. The first-order valence-electron chi connectivity index (χ1n) is 5.97. The van der Waals surface area contributed by atoms with Crippen LogP contribution in [0.25, 0.3) is 0 Å². The summed E-state index contributed by atoms with van der Waals surface area (Å²) in [5.74, 6) is -0.516. The minimum Gasteiger partial charge on any atom is -0.459 e. The molecule has 0 aliphatic heterocycles. The Hall–Kier alpha value is -1.45. The Kier molecular flexibility index (Phi) is 3.71. The molecule has 2 atom stereocenters. The number of nitrogens with zero attached hydrogens (tertiary/aromatic N) is 1. The summed E-state index contributed by atoms with van der Waals surface area (Å²) in [6.07, 6.45) is 5.34. The van der Waals surface area contributed by atoms with E-state index >= 15 is 0 Å². The molecule has 92 valence electrons. The Labute approximate surface area is 100 Å². The van der Waals surface area contributed by atoms with Gasteiger partial charge >= 0.3 is 5.97 Å². The zero-order chi connectivity index (χ0) is 12.3. The van der Waals surface area contributed by atoms with Gasteiger partial charge in [-0.3, -0.25) is 0 Å². The number of rotatable bonds is 2. The fourth-order valence-electron chi connectivity index (χ4n) is 2.23. The molecule has 0 radical (unpaired) electrons. The number of hydrogen-bond acceptors (Lipinski definition) is 3. The first kappa shape index (κ1) is 12.0. The van der Waals surface area contributed by atoms with Crippen LogP contribution in [0.3, 0.4) is 0 Å². The van der Waals surface area contributed by atoms with Gasteiger partial charge in [-0.05, 0) is 31.2 Å². The van der Waals surface area contributed by atoms with Gasteiger partial charge in [0.15, 0.2) is 0 Å². The molecule has 1 aromatic heterocycles. The maximum absolute atomic E-state index is 12.8. The molecule has 2 unspecified atom stereocenters. The number of halogens is 1. The molecule has 4 heteroatoms. The monoisotopic (exact) mass is 237 g/mol. The highest BCUT2D eigenvalue weighted by atomic mass is 19.1. The highest BCUT2D eigenvalue weighted by Gasteiger charge is 2.22. The summed E-state index contributed by atoms with van der Waals surface area (Å²) in [6, 6.07) is 2.58. The van der Waals surface area contributed by atoms with Crippen molar-refractivity contribution >= 4 is 5.97 Å². The Morgan fingerprint density at radius 2 is 2.35 bits per heavy atom. The molecule has 0 bridgehead atoms. The van der Waals surface area contributed by atoms with E-state index in [9.17, 15) is 9.18 Å². The standard InChI is InChI=1S/C13H16FNO2/c1-9-3-2-4-11(7-9)17-13(16)10-5-6-15-12(14)8-10/h5-6,8-9,11H,2-4,7H2,1H3. The second-order valence-electron chi connectivity index (χ2n) is 4.67. The quantitative estimate of drug-likeness (QED) is 0.586. The molecular weight excluding hydrogens is 221 g/mol. The molecule has 1 fully saturated rings. The first-order valence-corrected chi connectivity index (χ1v) is 5.97. The van der Waals surface area contributed by atoms with E-state index in [0.29, 0.717) is 5.92 Å². The molecule has 3 nitrogen and oxygen atoms in total. The lowest BCUT2D eigenvalue weighted by atomic mass is 9.89. The van der Waals surface area contributed by atoms with E-state index in [1.54, 1.807) is 0 Å². The second-order valence-corrected chi connectivity index (χ2v) is 4.67. The van der Waals surface area contributed by atoms with Crippen molar-refractivity contribution in [2.75, 3.05) is 0 Å². The Balaban J connectivity index is 1.97. The highest BCUT2D eigenvalue weighted by molar-refractivity contribution is 5.89. The molecule has 0 aromatic carbocycles. The van der Waals surface area contributed by atoms with E-state index in [4.69, 9.17) is 4.74 Å². The Morgan fingerprint density at radius 3 is 3.06 bits per heavy atom. The van der Waals surface area contributed by atoms with Crippen LogP contribution in [0.2, 0.25) is 0 Å². The minimum absolute atomic E-state index is 0.0255. The van der Waals surface area contributed by atoms with Crippen LogP contribution < -0.4 is 0 Å². The van der Waals surface area contributed by atoms with Crippen molar-refractivity contribution in [1.82, 2.24) is 4.98 Å². The highest BCUT2D eigenvalue weighted by Crippen LogP contribution is 2.26. The van der Waals surface area contributed by atoms with Crippen LogP contribution in [-0.4, -0.2) is 17.1 Å². The van der Waals surface area contributed by atoms with E-state index in [2.05, 4.69) is 11.9 Å². The Bertz CT molecular complexity index is 408. The maximum Gasteiger partial charge on any atom is 0.338 e. The zero-order valence-corrected chi connectivity index (χ0v) is 9.86. The van der Waals surface area contributed by atoms with Crippen molar-refractivity contribution in [3.05, 3.63) is 29.8 Å². The normalized spacial score (nSPS) is 24.4. The lowest BCUT2D eigenvalue weighted by Crippen LogP contribution is -2.24. The molecular formula is C13H16FNO2. The molecule has 1 aliphatic carbocycles. The van der Waals surface area contributed by atoms with Crippen molar-refractivity contribution < 1.29 is 13.9 Å². The fourth-order valence-corrected chi connectivity index (χ4v) is 2.23. The van der Waals surface area contributed by atoms with E-state index in [1.165, 1.54) is 18.7 Å². The van der Waals surface area contributed by atoms with Gasteiger partial charge in [0.2, 0.25) is 5.95 Å². The molecule has 1 saturated carbocycles. The van der Waals surface area contributed by atoms with Gasteiger partial charge in [-0.1, -0.05) is 13.3 Å². The molecule has 2 rings (SSSR count). The molecule has 0 saturated heterocycles. The van der Waals surface area contributed by atoms with Gasteiger partial charge < -0.3 is 4.74 Å². The molecule has 0 spiro atoms. The maximum atomic E-state index is 12.8. The lowest BCUT2D eigenvalue weighted by Gasteiger charge is -2.26. The summed E-state index contributed by atoms with van der Waals surface area (Å²) in [4.78, 5) is 15.2. The smallest absolute Gasteiger partial charge is 0.338 e. The van der Waals surface area contributed by atoms with Crippen molar-refractivity contribution in [3.8, 4) is 0 Å². The van der Waals surface area contributed by atoms with Crippen molar-refractivity contribution in [1.29, 1.82) is 0 Å². The van der Waals surface area contributed by atoms with Crippen LogP contribution in [0.15, 0.2) is 18.3 Å². The van der Waals surface area contributed by atoms with Gasteiger partial charge in [-0.25, -0.2) is 9.78 Å². The van der Waals surface area contributed by atoms with E-state index < -0.39 is 11.9 Å². The molecule has 0 N–H and O–H groups in total. The lowest BCUT2D eigenvalue weighted by molar-refractivity contribution is 0.0154. The number of aromatic nitrogens is 1. The number of carbonyl (C=O) groups excluding carboxylic acids is 1. The summed E-state index contributed by atoms with van der Waals surface area (Å²) in [7, 11) is 0. The third-order valence-electron chi connectivity index (χ3n) is 3.12. The number of pyridine rings is 1. The predicted octanol–water partition coefficient (Wildman–Crippen LogP) is 2.96. The van der Waals surface area contributed by atoms with Gasteiger partial charge in [0.25, 0.3) is 0 Å². The molecule has 1 heterocycles. The first-order chi connectivity index (χ1) is 8.15. The largest absolute Gasteiger partial charge is 0.459 e. The predicted molar refractivity (Wildman–Crippen MR) is 61.0 cm³/mol. The number of ether oxygens (including phenoxy) is 1. The third kappa shape index (κ3) is 3.25. The van der Waals surface area contributed by atoms with Crippen LogP contribution in [0.5, 0.6) is 0 Å². The zero-order valence-electron chi connectivity index (χ0n) is 9.86. The SMILES string of the molecule is CC1CCCC(OC(=O)c2ccnc(F)c2)C1. The van der Waals surface area contributed by atoms with Crippen molar-refractivity contribution in [2.45, 2.75) is 38.7 Å². The van der Waals surface area contributed by atoms with Gasteiger partial charge in [0.1, 0.15) is 6.10 Å².